The van der Waals surface area contributed by atoms with Crippen molar-refractivity contribution in [3.05, 3.63) is 53.9 Å². The molecule has 2 rings (SSSR count). The van der Waals surface area contributed by atoms with Gasteiger partial charge in [-0.15, -0.1) is 0 Å². The van der Waals surface area contributed by atoms with Crippen LogP contribution in [0.5, 0.6) is 0 Å². The average molecular weight is 215 g/mol. The predicted octanol–water partition coefficient (Wildman–Crippen LogP) is 2.27. The summed E-state index contributed by atoms with van der Waals surface area (Å²) in [5, 5.41) is 7.83. The fourth-order valence-corrected chi connectivity index (χ4v) is 1.64. The third kappa shape index (κ3) is 2.70. The van der Waals surface area contributed by atoms with Gasteiger partial charge in [-0.05, 0) is 18.6 Å². The Hall–Kier alpha value is -1.61. The molecule has 0 aliphatic carbocycles. The molecule has 0 fully saturated rings. The van der Waals surface area contributed by atoms with Gasteiger partial charge in [0.05, 0.1) is 5.69 Å². The molecule has 1 N–H and O–H groups in total. The number of aromatic nitrogens is 2. The Balaban J connectivity index is 1.91. The van der Waals surface area contributed by atoms with Crippen molar-refractivity contribution in [2.75, 3.05) is 0 Å². The molecule has 0 saturated carbocycles. The molecule has 0 spiro atoms. The van der Waals surface area contributed by atoms with Crippen LogP contribution in [-0.2, 0) is 13.6 Å². The summed E-state index contributed by atoms with van der Waals surface area (Å²) in [4.78, 5) is 0. The molecule has 0 aliphatic heterocycles. The Morgan fingerprint density at radius 3 is 2.62 bits per heavy atom. The second kappa shape index (κ2) is 4.94. The zero-order valence-corrected chi connectivity index (χ0v) is 9.72. The molecule has 1 unspecified atom stereocenters. The smallest absolute Gasteiger partial charge is 0.0791 e. The minimum Gasteiger partial charge on any atom is -0.305 e. The molecule has 0 radical (unpaired) electrons. The number of hydrogen-bond acceptors (Lipinski definition) is 2. The van der Waals surface area contributed by atoms with E-state index in [1.807, 2.05) is 30.1 Å². The van der Waals surface area contributed by atoms with E-state index < -0.39 is 0 Å². The topological polar surface area (TPSA) is 29.9 Å². The van der Waals surface area contributed by atoms with Crippen molar-refractivity contribution >= 4 is 0 Å². The van der Waals surface area contributed by atoms with Crippen molar-refractivity contribution in [2.24, 2.45) is 7.05 Å². The highest BCUT2D eigenvalue weighted by Crippen LogP contribution is 2.09. The van der Waals surface area contributed by atoms with Crippen LogP contribution in [-0.4, -0.2) is 9.78 Å². The van der Waals surface area contributed by atoms with Crippen molar-refractivity contribution in [3.8, 4) is 0 Å². The number of aryl methyl sites for hydroxylation is 1. The molecule has 1 aromatic heterocycles. The molecule has 1 aromatic carbocycles. The molecular formula is C13H17N3. The quantitative estimate of drug-likeness (QED) is 0.848. The molecule has 1 atom stereocenters. The van der Waals surface area contributed by atoms with E-state index in [9.17, 15) is 0 Å². The summed E-state index contributed by atoms with van der Waals surface area (Å²) in [5.41, 5.74) is 2.38. The molecule has 0 aliphatic rings. The maximum Gasteiger partial charge on any atom is 0.0791 e. The summed E-state index contributed by atoms with van der Waals surface area (Å²) in [6.07, 6.45) is 1.97. The van der Waals surface area contributed by atoms with Crippen LogP contribution < -0.4 is 5.32 Å². The van der Waals surface area contributed by atoms with Gasteiger partial charge in [-0.1, -0.05) is 30.3 Å². The maximum atomic E-state index is 4.38. The van der Waals surface area contributed by atoms with Gasteiger partial charge in [0.2, 0.25) is 0 Å². The predicted molar refractivity (Wildman–Crippen MR) is 64.9 cm³/mol. The molecule has 3 nitrogen and oxygen atoms in total. The summed E-state index contributed by atoms with van der Waals surface area (Å²) < 4.78 is 1.83. The third-order valence-corrected chi connectivity index (χ3v) is 2.63. The van der Waals surface area contributed by atoms with Crippen molar-refractivity contribution in [3.63, 3.8) is 0 Å². The average Bonchev–Trinajstić information content (AvgIpc) is 2.74. The van der Waals surface area contributed by atoms with Crippen molar-refractivity contribution in [2.45, 2.75) is 19.5 Å². The number of hydrogen-bond donors (Lipinski definition) is 1. The van der Waals surface area contributed by atoms with Gasteiger partial charge in [0.1, 0.15) is 0 Å². The first-order valence-corrected chi connectivity index (χ1v) is 5.52. The lowest BCUT2D eigenvalue weighted by Crippen LogP contribution is -2.18. The molecule has 84 valence electrons. The Kier molecular flexibility index (Phi) is 3.37. The second-order valence-electron chi connectivity index (χ2n) is 4.00. The van der Waals surface area contributed by atoms with Gasteiger partial charge in [0.15, 0.2) is 0 Å². The zero-order valence-electron chi connectivity index (χ0n) is 9.72. The Morgan fingerprint density at radius 2 is 2.00 bits per heavy atom. The highest BCUT2D eigenvalue weighted by molar-refractivity contribution is 5.15. The van der Waals surface area contributed by atoms with Gasteiger partial charge >= 0.3 is 0 Å². The largest absolute Gasteiger partial charge is 0.305 e. The number of rotatable bonds is 4. The van der Waals surface area contributed by atoms with Crippen LogP contribution in [0, 0.1) is 0 Å². The van der Waals surface area contributed by atoms with E-state index in [2.05, 4.69) is 41.6 Å². The van der Waals surface area contributed by atoms with Gasteiger partial charge in [0, 0.05) is 25.8 Å². The maximum absolute atomic E-state index is 4.38. The van der Waals surface area contributed by atoms with E-state index >= 15 is 0 Å². The second-order valence-corrected chi connectivity index (χ2v) is 4.00. The third-order valence-electron chi connectivity index (χ3n) is 2.63. The first-order chi connectivity index (χ1) is 7.75. The first-order valence-electron chi connectivity index (χ1n) is 5.52. The van der Waals surface area contributed by atoms with Gasteiger partial charge in [-0.3, -0.25) is 4.68 Å². The number of benzene rings is 1. The van der Waals surface area contributed by atoms with Crippen molar-refractivity contribution in [1.82, 2.24) is 15.1 Å². The Bertz CT molecular complexity index is 433. The van der Waals surface area contributed by atoms with Crippen molar-refractivity contribution in [1.29, 1.82) is 0 Å². The monoisotopic (exact) mass is 215 g/mol. The lowest BCUT2D eigenvalue weighted by atomic mass is 10.2. The number of nitrogens with zero attached hydrogens (tertiary/aromatic N) is 2. The molecule has 2 aromatic rings. The summed E-state index contributed by atoms with van der Waals surface area (Å²) >= 11 is 0. The molecule has 0 bridgehead atoms. The van der Waals surface area contributed by atoms with Crippen LogP contribution in [0.4, 0.5) is 0 Å². The van der Waals surface area contributed by atoms with Gasteiger partial charge < -0.3 is 5.32 Å². The molecular weight excluding hydrogens is 198 g/mol. The van der Waals surface area contributed by atoms with E-state index in [0.29, 0.717) is 0 Å². The van der Waals surface area contributed by atoms with Crippen LogP contribution >= 0.6 is 0 Å². The van der Waals surface area contributed by atoms with E-state index in [4.69, 9.17) is 0 Å². The fourth-order valence-electron chi connectivity index (χ4n) is 1.64. The summed E-state index contributed by atoms with van der Waals surface area (Å²) in [7, 11) is 1.94. The fraction of sp³-hybridized carbons (Fsp3) is 0.308. The standard InChI is InChI=1S/C13H17N3/c1-11(13-8-9-16(2)15-13)14-10-12-6-4-3-5-7-12/h3-9,11,14H,10H2,1-2H3. The molecule has 0 amide bonds. The lowest BCUT2D eigenvalue weighted by molar-refractivity contribution is 0.551. The molecule has 3 heteroatoms. The molecule has 16 heavy (non-hydrogen) atoms. The van der Waals surface area contributed by atoms with Crippen LogP contribution in [0.2, 0.25) is 0 Å². The Morgan fingerprint density at radius 1 is 1.25 bits per heavy atom. The van der Waals surface area contributed by atoms with E-state index in [0.717, 1.165) is 12.2 Å². The molecule has 0 saturated heterocycles. The SMILES string of the molecule is CC(NCc1ccccc1)c1ccn(C)n1. The van der Waals surface area contributed by atoms with Crippen LogP contribution in [0.3, 0.4) is 0 Å². The normalized spacial score (nSPS) is 12.6. The van der Waals surface area contributed by atoms with Gasteiger partial charge in [-0.25, -0.2) is 0 Å². The van der Waals surface area contributed by atoms with E-state index in [1.54, 1.807) is 0 Å². The van der Waals surface area contributed by atoms with Crippen LogP contribution in [0.25, 0.3) is 0 Å². The van der Waals surface area contributed by atoms with Crippen LogP contribution in [0.15, 0.2) is 42.6 Å². The Labute approximate surface area is 96.1 Å². The first kappa shape index (κ1) is 10.9. The minimum atomic E-state index is 0.279. The summed E-state index contributed by atoms with van der Waals surface area (Å²) in [6.45, 7) is 3.00. The van der Waals surface area contributed by atoms with E-state index in [-0.39, 0.29) is 6.04 Å². The van der Waals surface area contributed by atoms with E-state index in [1.165, 1.54) is 5.56 Å². The zero-order chi connectivity index (χ0) is 11.4. The van der Waals surface area contributed by atoms with Gasteiger partial charge in [-0.2, -0.15) is 5.10 Å². The highest BCUT2D eigenvalue weighted by atomic mass is 15.3. The van der Waals surface area contributed by atoms with Crippen molar-refractivity contribution < 1.29 is 0 Å². The minimum absolute atomic E-state index is 0.279. The van der Waals surface area contributed by atoms with Crippen LogP contribution in [0.1, 0.15) is 24.2 Å². The number of nitrogens with one attached hydrogen (secondary N) is 1. The highest BCUT2D eigenvalue weighted by Gasteiger charge is 2.06. The summed E-state index contributed by atoms with van der Waals surface area (Å²) in [5.74, 6) is 0. The summed E-state index contributed by atoms with van der Waals surface area (Å²) in [6, 6.07) is 12.7. The molecule has 1 heterocycles. The van der Waals surface area contributed by atoms with Gasteiger partial charge in [0.25, 0.3) is 0 Å². The lowest BCUT2D eigenvalue weighted by Gasteiger charge is -2.11.